The maximum atomic E-state index is 12.6. The van der Waals surface area contributed by atoms with E-state index in [1.54, 1.807) is 12.1 Å². The van der Waals surface area contributed by atoms with Crippen LogP contribution in [-0.2, 0) is 6.42 Å². The molecule has 1 unspecified atom stereocenters. The summed E-state index contributed by atoms with van der Waals surface area (Å²) in [6, 6.07) is 17.4. The van der Waals surface area contributed by atoms with Crippen molar-refractivity contribution in [1.82, 2.24) is 10.3 Å². The monoisotopic (exact) mass is 354 g/mol. The fraction of sp³-hybridized carbons (Fsp3) is 0.200. The Kier molecular flexibility index (Phi) is 5.51. The number of aromatic nitrogens is 1. The van der Waals surface area contributed by atoms with E-state index in [-0.39, 0.29) is 17.6 Å². The topological polar surface area (TPSA) is 55.1 Å². The Hall–Kier alpha value is -2.59. The highest BCUT2D eigenvalue weighted by molar-refractivity contribution is 6.33. The first kappa shape index (κ1) is 17.2. The molecule has 0 aliphatic rings. The number of halogens is 1. The number of nitrogens with zero attached hydrogens (tertiary/aromatic N) is 1. The summed E-state index contributed by atoms with van der Waals surface area (Å²) >= 11 is 6.20. The van der Waals surface area contributed by atoms with Gasteiger partial charge in [-0.15, -0.1) is 0 Å². The molecular formula is C20H19ClN2O2. The van der Waals surface area contributed by atoms with Gasteiger partial charge in [0.2, 0.25) is 0 Å². The van der Waals surface area contributed by atoms with Gasteiger partial charge in [-0.05, 0) is 37.5 Å². The number of aryl methyl sites for hydroxylation is 1. The van der Waals surface area contributed by atoms with E-state index in [9.17, 15) is 4.79 Å². The Morgan fingerprint density at radius 3 is 2.64 bits per heavy atom. The molecule has 1 N–H and O–H groups in total. The SMILES string of the molecule is CC(CCc1ccccc1)NC(=O)c1ncoc1-c1ccccc1Cl. The van der Waals surface area contributed by atoms with Gasteiger partial charge >= 0.3 is 0 Å². The van der Waals surface area contributed by atoms with Crippen LogP contribution < -0.4 is 5.32 Å². The average molecular weight is 355 g/mol. The van der Waals surface area contributed by atoms with Crippen LogP contribution in [0.25, 0.3) is 11.3 Å². The molecule has 1 aromatic heterocycles. The van der Waals surface area contributed by atoms with Crippen LogP contribution in [0, 0.1) is 0 Å². The second kappa shape index (κ2) is 7.99. The van der Waals surface area contributed by atoms with Crippen LogP contribution in [-0.4, -0.2) is 16.9 Å². The summed E-state index contributed by atoms with van der Waals surface area (Å²) in [5, 5.41) is 3.50. The van der Waals surface area contributed by atoms with Crippen LogP contribution in [0.2, 0.25) is 5.02 Å². The van der Waals surface area contributed by atoms with Gasteiger partial charge in [-0.3, -0.25) is 4.79 Å². The zero-order valence-corrected chi connectivity index (χ0v) is 14.7. The zero-order valence-electron chi connectivity index (χ0n) is 13.9. The molecule has 25 heavy (non-hydrogen) atoms. The summed E-state index contributed by atoms with van der Waals surface area (Å²) in [6.07, 6.45) is 3.01. The van der Waals surface area contributed by atoms with E-state index < -0.39 is 0 Å². The van der Waals surface area contributed by atoms with E-state index in [0.29, 0.717) is 16.3 Å². The van der Waals surface area contributed by atoms with E-state index >= 15 is 0 Å². The van der Waals surface area contributed by atoms with Crippen LogP contribution >= 0.6 is 11.6 Å². The highest BCUT2D eigenvalue weighted by Gasteiger charge is 2.21. The zero-order chi connectivity index (χ0) is 17.6. The van der Waals surface area contributed by atoms with E-state index in [0.717, 1.165) is 12.8 Å². The fourth-order valence-electron chi connectivity index (χ4n) is 2.64. The van der Waals surface area contributed by atoms with Crippen molar-refractivity contribution in [3.05, 3.63) is 77.3 Å². The molecule has 2 aromatic carbocycles. The number of rotatable bonds is 6. The van der Waals surface area contributed by atoms with Gasteiger partial charge in [-0.2, -0.15) is 0 Å². The van der Waals surface area contributed by atoms with Gasteiger partial charge in [0.05, 0.1) is 5.02 Å². The summed E-state index contributed by atoms with van der Waals surface area (Å²) in [5.41, 5.74) is 2.16. The lowest BCUT2D eigenvalue weighted by atomic mass is 10.1. The summed E-state index contributed by atoms with van der Waals surface area (Å²) in [4.78, 5) is 16.6. The predicted octanol–water partition coefficient (Wildman–Crippen LogP) is 4.75. The number of carbonyl (C=O) groups is 1. The van der Waals surface area contributed by atoms with Crippen molar-refractivity contribution in [3.8, 4) is 11.3 Å². The summed E-state index contributed by atoms with van der Waals surface area (Å²) in [6.45, 7) is 1.98. The van der Waals surface area contributed by atoms with E-state index in [1.165, 1.54) is 12.0 Å². The molecule has 0 radical (unpaired) electrons. The smallest absolute Gasteiger partial charge is 0.274 e. The average Bonchev–Trinajstić information content (AvgIpc) is 3.11. The highest BCUT2D eigenvalue weighted by Crippen LogP contribution is 2.29. The Morgan fingerprint density at radius 2 is 1.88 bits per heavy atom. The second-order valence-corrected chi connectivity index (χ2v) is 6.32. The van der Waals surface area contributed by atoms with Gasteiger partial charge in [0.1, 0.15) is 0 Å². The number of hydrogen-bond donors (Lipinski definition) is 1. The van der Waals surface area contributed by atoms with Gasteiger partial charge in [-0.1, -0.05) is 54.1 Å². The van der Waals surface area contributed by atoms with Crippen molar-refractivity contribution in [1.29, 1.82) is 0 Å². The van der Waals surface area contributed by atoms with Gasteiger partial charge in [-0.25, -0.2) is 4.98 Å². The quantitative estimate of drug-likeness (QED) is 0.695. The largest absolute Gasteiger partial charge is 0.443 e. The normalized spacial score (nSPS) is 11.9. The summed E-state index contributed by atoms with van der Waals surface area (Å²) in [5.74, 6) is 0.127. The lowest BCUT2D eigenvalue weighted by Gasteiger charge is -2.13. The van der Waals surface area contributed by atoms with Crippen molar-refractivity contribution in [2.75, 3.05) is 0 Å². The van der Waals surface area contributed by atoms with Crippen LogP contribution in [0.1, 0.15) is 29.4 Å². The third-order valence-corrected chi connectivity index (χ3v) is 4.32. The number of carbonyl (C=O) groups excluding carboxylic acids is 1. The van der Waals surface area contributed by atoms with Gasteiger partial charge in [0.15, 0.2) is 17.8 Å². The first-order valence-corrected chi connectivity index (χ1v) is 8.56. The van der Waals surface area contributed by atoms with E-state index in [4.69, 9.17) is 16.0 Å². The Balaban J connectivity index is 1.66. The first-order chi connectivity index (χ1) is 12.1. The number of oxazole rings is 1. The first-order valence-electron chi connectivity index (χ1n) is 8.18. The molecule has 5 heteroatoms. The molecule has 1 atom stereocenters. The summed E-state index contributed by atoms with van der Waals surface area (Å²) < 4.78 is 5.41. The van der Waals surface area contributed by atoms with Crippen LogP contribution in [0.5, 0.6) is 0 Å². The van der Waals surface area contributed by atoms with Gasteiger partial charge in [0, 0.05) is 11.6 Å². The Bertz CT molecular complexity index is 846. The van der Waals surface area contributed by atoms with Crippen LogP contribution in [0.4, 0.5) is 0 Å². The third kappa shape index (κ3) is 4.28. The number of benzene rings is 2. The second-order valence-electron chi connectivity index (χ2n) is 5.91. The molecule has 1 amide bonds. The number of nitrogens with one attached hydrogen (secondary N) is 1. The molecule has 0 aliphatic carbocycles. The van der Waals surface area contributed by atoms with Crippen molar-refractivity contribution in [3.63, 3.8) is 0 Å². The minimum absolute atomic E-state index is 0.0171. The minimum atomic E-state index is -0.260. The van der Waals surface area contributed by atoms with Crippen molar-refractivity contribution < 1.29 is 9.21 Å². The molecule has 0 bridgehead atoms. The molecular weight excluding hydrogens is 336 g/mol. The van der Waals surface area contributed by atoms with E-state index in [2.05, 4.69) is 22.4 Å². The fourth-order valence-corrected chi connectivity index (χ4v) is 2.86. The van der Waals surface area contributed by atoms with Gasteiger partial charge in [0.25, 0.3) is 5.91 Å². The number of hydrogen-bond acceptors (Lipinski definition) is 3. The van der Waals surface area contributed by atoms with Crippen molar-refractivity contribution in [2.24, 2.45) is 0 Å². The standard InChI is InChI=1S/C20H19ClN2O2/c1-14(11-12-15-7-3-2-4-8-15)23-20(24)18-19(25-13-22-18)16-9-5-6-10-17(16)21/h2-10,13-14H,11-12H2,1H3,(H,23,24). The van der Waals surface area contributed by atoms with E-state index in [1.807, 2.05) is 37.3 Å². The maximum absolute atomic E-state index is 12.6. The molecule has 3 aromatic rings. The third-order valence-electron chi connectivity index (χ3n) is 3.99. The van der Waals surface area contributed by atoms with Crippen LogP contribution in [0.15, 0.2) is 65.4 Å². The lowest BCUT2D eigenvalue weighted by Crippen LogP contribution is -2.33. The Labute approximate surface area is 151 Å². The van der Waals surface area contributed by atoms with Crippen LogP contribution in [0.3, 0.4) is 0 Å². The highest BCUT2D eigenvalue weighted by atomic mass is 35.5. The maximum Gasteiger partial charge on any atom is 0.274 e. The number of amides is 1. The molecule has 0 saturated heterocycles. The molecule has 0 spiro atoms. The molecule has 0 saturated carbocycles. The minimum Gasteiger partial charge on any atom is -0.443 e. The molecule has 1 heterocycles. The Morgan fingerprint density at radius 1 is 1.16 bits per heavy atom. The van der Waals surface area contributed by atoms with Gasteiger partial charge < -0.3 is 9.73 Å². The molecule has 4 nitrogen and oxygen atoms in total. The van der Waals surface area contributed by atoms with Crippen molar-refractivity contribution >= 4 is 17.5 Å². The molecule has 0 aliphatic heterocycles. The summed E-state index contributed by atoms with van der Waals surface area (Å²) in [7, 11) is 0. The molecule has 0 fully saturated rings. The lowest BCUT2D eigenvalue weighted by molar-refractivity contribution is 0.0934. The van der Waals surface area contributed by atoms with Crippen molar-refractivity contribution in [2.45, 2.75) is 25.8 Å². The molecule has 3 rings (SSSR count). The predicted molar refractivity (Wildman–Crippen MR) is 98.6 cm³/mol. The molecule has 128 valence electrons.